The third kappa shape index (κ3) is 4.21. The number of fused-ring (bicyclic) bond motifs is 1. The van der Waals surface area contributed by atoms with Crippen LogP contribution in [0.5, 0.6) is 0 Å². The molecule has 1 N–H and O–H groups in total. The molecule has 0 saturated carbocycles. The molecule has 1 aliphatic rings. The Bertz CT molecular complexity index is 535. The molecule has 21 heavy (non-hydrogen) atoms. The number of ether oxygens (including phenoxy) is 1. The zero-order valence-electron chi connectivity index (χ0n) is 12.8. The summed E-state index contributed by atoms with van der Waals surface area (Å²) in [6.07, 6.45) is 1.36. The molecule has 0 unspecified atom stereocenters. The Morgan fingerprint density at radius 2 is 2.00 bits per heavy atom. The fourth-order valence-corrected chi connectivity index (χ4v) is 2.35. The van der Waals surface area contributed by atoms with Gasteiger partial charge in [0.2, 0.25) is 5.91 Å². The Morgan fingerprint density at radius 1 is 1.29 bits per heavy atom. The number of amides is 2. The van der Waals surface area contributed by atoms with Gasteiger partial charge in [0.25, 0.3) is 0 Å². The number of nitrogens with zero attached hydrogens (tertiary/aromatic N) is 1. The van der Waals surface area contributed by atoms with E-state index in [1.54, 1.807) is 25.7 Å². The molecule has 0 bridgehead atoms. The molecule has 0 aliphatic carbocycles. The monoisotopic (exact) mass is 290 g/mol. The standard InChI is InChI=1S/C16H22N2O3/c1-16(2,3)21-15(20)17-11-14(19)18-10-6-8-12-7-4-5-9-13(12)18/h4-5,7,9H,6,8,10-11H2,1-3H3,(H,17,20). The van der Waals surface area contributed by atoms with Gasteiger partial charge in [-0.1, -0.05) is 18.2 Å². The lowest BCUT2D eigenvalue weighted by molar-refractivity contribution is -0.117. The number of nitrogens with one attached hydrogen (secondary N) is 1. The van der Waals surface area contributed by atoms with Crippen LogP contribution in [0.15, 0.2) is 24.3 Å². The minimum atomic E-state index is -0.568. The van der Waals surface area contributed by atoms with Crippen molar-refractivity contribution in [3.8, 4) is 0 Å². The molecule has 0 saturated heterocycles. The van der Waals surface area contributed by atoms with Gasteiger partial charge in [0.05, 0.1) is 0 Å². The van der Waals surface area contributed by atoms with Crippen molar-refractivity contribution in [3.63, 3.8) is 0 Å². The van der Waals surface area contributed by atoms with Crippen molar-refractivity contribution in [1.29, 1.82) is 0 Å². The van der Waals surface area contributed by atoms with E-state index in [0.29, 0.717) is 6.54 Å². The maximum absolute atomic E-state index is 12.3. The molecule has 5 nitrogen and oxygen atoms in total. The first kappa shape index (κ1) is 15.4. The van der Waals surface area contributed by atoms with E-state index >= 15 is 0 Å². The quantitative estimate of drug-likeness (QED) is 0.910. The van der Waals surface area contributed by atoms with Gasteiger partial charge in [0.15, 0.2) is 0 Å². The molecule has 1 aromatic rings. The number of hydrogen-bond acceptors (Lipinski definition) is 3. The lowest BCUT2D eigenvalue weighted by Gasteiger charge is -2.29. The van der Waals surface area contributed by atoms with Crippen molar-refractivity contribution in [3.05, 3.63) is 29.8 Å². The Balaban J connectivity index is 1.95. The molecule has 1 aromatic carbocycles. The lowest BCUT2D eigenvalue weighted by Crippen LogP contribution is -2.43. The number of carbonyl (C=O) groups is 2. The Labute approximate surface area is 125 Å². The minimum absolute atomic E-state index is 0.0523. The van der Waals surface area contributed by atoms with E-state index in [-0.39, 0.29) is 12.5 Å². The van der Waals surface area contributed by atoms with Gasteiger partial charge >= 0.3 is 6.09 Å². The molecule has 2 rings (SSSR count). The number of anilines is 1. The van der Waals surface area contributed by atoms with Crippen molar-refractivity contribution in [2.45, 2.75) is 39.2 Å². The second-order valence-electron chi connectivity index (χ2n) is 6.13. The molecule has 2 amide bonds. The van der Waals surface area contributed by atoms with E-state index < -0.39 is 11.7 Å². The first-order valence-corrected chi connectivity index (χ1v) is 7.22. The maximum Gasteiger partial charge on any atom is 0.408 e. The van der Waals surface area contributed by atoms with Crippen LogP contribution >= 0.6 is 0 Å². The van der Waals surface area contributed by atoms with Gasteiger partial charge in [0, 0.05) is 12.2 Å². The molecule has 0 radical (unpaired) electrons. The third-order valence-electron chi connectivity index (χ3n) is 3.19. The summed E-state index contributed by atoms with van der Waals surface area (Å²) >= 11 is 0. The van der Waals surface area contributed by atoms with Crippen molar-refractivity contribution in [2.24, 2.45) is 0 Å². The van der Waals surface area contributed by atoms with Gasteiger partial charge in [-0.15, -0.1) is 0 Å². The fraction of sp³-hybridized carbons (Fsp3) is 0.500. The summed E-state index contributed by atoms with van der Waals surface area (Å²) in [5, 5.41) is 2.51. The number of alkyl carbamates (subject to hydrolysis) is 1. The Kier molecular flexibility index (Phi) is 4.50. The SMILES string of the molecule is CC(C)(C)OC(=O)NCC(=O)N1CCCc2ccccc21. The van der Waals surface area contributed by atoms with Gasteiger partial charge in [-0.2, -0.15) is 0 Å². The number of para-hydroxylation sites is 1. The molecule has 5 heteroatoms. The van der Waals surface area contributed by atoms with Crippen LogP contribution in [-0.2, 0) is 16.0 Å². The summed E-state index contributed by atoms with van der Waals surface area (Å²) in [5.74, 6) is -0.118. The zero-order valence-corrected chi connectivity index (χ0v) is 12.8. The van der Waals surface area contributed by atoms with Crippen LogP contribution in [0.2, 0.25) is 0 Å². The highest BCUT2D eigenvalue weighted by Gasteiger charge is 2.23. The topological polar surface area (TPSA) is 58.6 Å². The minimum Gasteiger partial charge on any atom is -0.444 e. The van der Waals surface area contributed by atoms with E-state index in [2.05, 4.69) is 5.32 Å². The Morgan fingerprint density at radius 3 is 2.71 bits per heavy atom. The number of benzene rings is 1. The molecule has 114 valence electrons. The van der Waals surface area contributed by atoms with Crippen LogP contribution < -0.4 is 10.2 Å². The molecular formula is C16H22N2O3. The molecule has 0 aromatic heterocycles. The zero-order chi connectivity index (χ0) is 15.5. The summed E-state index contributed by atoms with van der Waals surface area (Å²) in [7, 11) is 0. The van der Waals surface area contributed by atoms with Gasteiger partial charge < -0.3 is 15.0 Å². The summed E-state index contributed by atoms with van der Waals surface area (Å²) in [4.78, 5) is 25.6. The average molecular weight is 290 g/mol. The number of aryl methyl sites for hydroxylation is 1. The van der Waals surface area contributed by atoms with E-state index in [0.717, 1.165) is 18.5 Å². The van der Waals surface area contributed by atoms with Gasteiger partial charge in [-0.25, -0.2) is 4.79 Å². The summed E-state index contributed by atoms with van der Waals surface area (Å²) in [6.45, 7) is 5.99. The highest BCUT2D eigenvalue weighted by molar-refractivity contribution is 5.97. The van der Waals surface area contributed by atoms with Crippen LogP contribution in [-0.4, -0.2) is 30.7 Å². The van der Waals surface area contributed by atoms with Crippen LogP contribution in [0.25, 0.3) is 0 Å². The van der Waals surface area contributed by atoms with Gasteiger partial charge in [-0.05, 0) is 45.2 Å². The molecule has 0 spiro atoms. The average Bonchev–Trinajstić information content (AvgIpc) is 2.42. The van der Waals surface area contributed by atoms with E-state index in [1.165, 1.54) is 5.56 Å². The van der Waals surface area contributed by atoms with Crippen LogP contribution in [0, 0.1) is 0 Å². The van der Waals surface area contributed by atoms with Crippen molar-refractivity contribution in [1.82, 2.24) is 5.32 Å². The first-order valence-electron chi connectivity index (χ1n) is 7.22. The number of carbonyl (C=O) groups excluding carboxylic acids is 2. The summed E-state index contributed by atoms with van der Waals surface area (Å²) in [5.41, 5.74) is 1.55. The third-order valence-corrected chi connectivity index (χ3v) is 3.19. The van der Waals surface area contributed by atoms with Gasteiger partial charge in [-0.3, -0.25) is 4.79 Å². The van der Waals surface area contributed by atoms with E-state index in [1.807, 2.05) is 24.3 Å². The smallest absolute Gasteiger partial charge is 0.408 e. The predicted molar refractivity (Wildman–Crippen MR) is 81.4 cm³/mol. The fourth-order valence-electron chi connectivity index (χ4n) is 2.35. The van der Waals surface area contributed by atoms with Crippen molar-refractivity contribution < 1.29 is 14.3 Å². The summed E-state index contributed by atoms with van der Waals surface area (Å²) in [6, 6.07) is 7.88. The first-order chi connectivity index (χ1) is 9.87. The highest BCUT2D eigenvalue weighted by atomic mass is 16.6. The van der Waals surface area contributed by atoms with Crippen LogP contribution in [0.1, 0.15) is 32.8 Å². The molecule has 0 fully saturated rings. The molecule has 1 aliphatic heterocycles. The van der Waals surface area contributed by atoms with Crippen molar-refractivity contribution >= 4 is 17.7 Å². The van der Waals surface area contributed by atoms with E-state index in [4.69, 9.17) is 4.74 Å². The van der Waals surface area contributed by atoms with E-state index in [9.17, 15) is 9.59 Å². The highest BCUT2D eigenvalue weighted by Crippen LogP contribution is 2.26. The number of hydrogen-bond donors (Lipinski definition) is 1. The predicted octanol–water partition coefficient (Wildman–Crippen LogP) is 2.49. The second kappa shape index (κ2) is 6.16. The second-order valence-corrected chi connectivity index (χ2v) is 6.13. The van der Waals surface area contributed by atoms with Gasteiger partial charge in [0.1, 0.15) is 12.1 Å². The maximum atomic E-state index is 12.3. The number of rotatable bonds is 2. The van der Waals surface area contributed by atoms with Crippen LogP contribution in [0.4, 0.5) is 10.5 Å². The van der Waals surface area contributed by atoms with Crippen molar-refractivity contribution in [2.75, 3.05) is 18.0 Å². The lowest BCUT2D eigenvalue weighted by atomic mass is 10.0. The molecular weight excluding hydrogens is 268 g/mol. The summed E-state index contributed by atoms with van der Waals surface area (Å²) < 4.78 is 5.12. The largest absolute Gasteiger partial charge is 0.444 e. The molecule has 0 atom stereocenters. The normalized spacial score (nSPS) is 14.3. The Hall–Kier alpha value is -2.04. The molecule has 1 heterocycles. The van der Waals surface area contributed by atoms with Crippen LogP contribution in [0.3, 0.4) is 0 Å².